The number of β-lactam (4-membered cyclic amide) rings is 1. The van der Waals surface area contributed by atoms with Crippen LogP contribution in [0.25, 0.3) is 0 Å². The van der Waals surface area contributed by atoms with Crippen molar-refractivity contribution in [2.75, 3.05) is 12.3 Å². The number of thioether (sulfide) groups is 1. The van der Waals surface area contributed by atoms with Gasteiger partial charge in [0, 0.05) is 24.3 Å². The summed E-state index contributed by atoms with van der Waals surface area (Å²) in [6, 6.07) is -0.981. The number of primary amides is 1. The van der Waals surface area contributed by atoms with Gasteiger partial charge in [-0.1, -0.05) is 0 Å². The second kappa shape index (κ2) is 6.46. The molecule has 3 aliphatic heterocycles. The molecule has 8 nitrogen and oxygen atoms in total. The summed E-state index contributed by atoms with van der Waals surface area (Å²) >= 11 is 1.04. The van der Waals surface area contributed by atoms with E-state index >= 15 is 0 Å². The van der Waals surface area contributed by atoms with Gasteiger partial charge < -0.3 is 25.4 Å². The van der Waals surface area contributed by atoms with E-state index in [1.165, 1.54) is 16.7 Å². The van der Waals surface area contributed by atoms with E-state index in [0.29, 0.717) is 17.9 Å². The van der Waals surface area contributed by atoms with Crippen LogP contribution in [0, 0.1) is 5.92 Å². The molecule has 2 N–H and O–H groups in total. The van der Waals surface area contributed by atoms with Gasteiger partial charge in [0.15, 0.2) is 0 Å². The molecule has 0 spiro atoms. The summed E-state index contributed by atoms with van der Waals surface area (Å²) in [6.45, 7) is 1.78. The van der Waals surface area contributed by atoms with Gasteiger partial charge >= 0.3 is 29.6 Å². The van der Waals surface area contributed by atoms with E-state index in [4.69, 9.17) is 5.73 Å². The maximum Gasteiger partial charge on any atom is 1.00 e. The Morgan fingerprint density at radius 3 is 2.57 bits per heavy atom. The van der Waals surface area contributed by atoms with Gasteiger partial charge in [-0.2, -0.15) is 0 Å². The Balaban J connectivity index is 0.00000192. The Kier molecular flexibility index (Phi) is 5.15. The predicted molar refractivity (Wildman–Crippen MR) is 73.6 cm³/mol. The van der Waals surface area contributed by atoms with Crippen molar-refractivity contribution in [1.29, 1.82) is 0 Å². The van der Waals surface area contributed by atoms with Crippen molar-refractivity contribution in [2.24, 2.45) is 11.7 Å². The summed E-state index contributed by atoms with van der Waals surface area (Å²) in [5.41, 5.74) is 4.94. The fourth-order valence-corrected chi connectivity index (χ4v) is 4.60. The second-order valence-electron chi connectivity index (χ2n) is 5.51. The molecule has 3 aliphatic rings. The molecule has 0 aromatic carbocycles. The van der Waals surface area contributed by atoms with Crippen molar-refractivity contribution in [3.63, 3.8) is 0 Å². The number of nitrogens with zero attached hydrogens (tertiary/aromatic N) is 2. The monoisotopic (exact) mass is 347 g/mol. The first-order chi connectivity index (χ1) is 10.3. The van der Waals surface area contributed by atoms with E-state index in [2.05, 4.69) is 0 Å². The molecule has 3 rings (SSSR count). The van der Waals surface area contributed by atoms with Gasteiger partial charge in [-0.05, 0) is 6.42 Å². The number of piperidine rings is 1. The molecular formula is C13H14N3NaO5S. The Morgan fingerprint density at radius 2 is 2.04 bits per heavy atom. The van der Waals surface area contributed by atoms with Crippen LogP contribution in [0.5, 0.6) is 0 Å². The van der Waals surface area contributed by atoms with Crippen LogP contribution < -0.4 is 40.4 Å². The zero-order chi connectivity index (χ0) is 16.2. The summed E-state index contributed by atoms with van der Waals surface area (Å²) in [7, 11) is 0. The number of carboxylic acids is 1. The zero-order valence-corrected chi connectivity index (χ0v) is 15.6. The van der Waals surface area contributed by atoms with Gasteiger partial charge in [0.25, 0.3) is 5.91 Å². The van der Waals surface area contributed by atoms with Crippen LogP contribution in [0.2, 0.25) is 0 Å². The number of carboxylic acid groups (broad SMARTS) is 1. The Bertz CT molecular complexity index is 637. The first kappa shape index (κ1) is 18.3. The molecule has 2 saturated heterocycles. The fraction of sp³-hybridized carbons (Fsp3) is 0.538. The third-order valence-electron chi connectivity index (χ3n) is 4.32. The quantitative estimate of drug-likeness (QED) is 0.400. The fourth-order valence-electron chi connectivity index (χ4n) is 3.52. The maximum atomic E-state index is 12.3. The van der Waals surface area contributed by atoms with Crippen LogP contribution >= 0.6 is 11.8 Å². The first-order valence-corrected chi connectivity index (χ1v) is 7.80. The molecule has 10 heteroatoms. The minimum Gasteiger partial charge on any atom is -0.543 e. The standard InChI is InChI=1S/C13H15N3O5S.Na/c1-5(17)15-3-2-6-8-9(15)12(19)16(8)10(13(20)21)11(6)22-4-7(14)18;/h6,8-9H,2-4H2,1H3,(H2,14,18)(H,20,21);/q;+1/p-1/t6?,8-,9+;/m1./s1. The number of amides is 3. The zero-order valence-electron chi connectivity index (χ0n) is 12.8. The van der Waals surface area contributed by atoms with Crippen molar-refractivity contribution in [1.82, 2.24) is 9.80 Å². The van der Waals surface area contributed by atoms with Gasteiger partial charge in [0.05, 0.1) is 23.5 Å². The third-order valence-corrected chi connectivity index (χ3v) is 5.56. The number of hydrogen-bond donors (Lipinski definition) is 1. The van der Waals surface area contributed by atoms with Crippen LogP contribution in [0.3, 0.4) is 0 Å². The third kappa shape index (κ3) is 2.69. The van der Waals surface area contributed by atoms with Crippen LogP contribution in [0.1, 0.15) is 13.3 Å². The molecule has 0 aromatic heterocycles. The summed E-state index contributed by atoms with van der Waals surface area (Å²) in [5, 5.41) is 11.4. The molecule has 2 fully saturated rings. The summed E-state index contributed by atoms with van der Waals surface area (Å²) in [6.07, 6.45) is 0.544. The Morgan fingerprint density at radius 1 is 1.39 bits per heavy atom. The van der Waals surface area contributed by atoms with E-state index in [1.54, 1.807) is 0 Å². The number of carbonyl (C=O) groups excluding carboxylic acids is 4. The number of hydrogen-bond acceptors (Lipinski definition) is 6. The molecule has 1 unspecified atom stereocenters. The molecule has 0 aliphatic carbocycles. The van der Waals surface area contributed by atoms with Crippen molar-refractivity contribution in [3.8, 4) is 0 Å². The van der Waals surface area contributed by atoms with Crippen molar-refractivity contribution in [3.05, 3.63) is 10.6 Å². The first-order valence-electron chi connectivity index (χ1n) is 6.81. The predicted octanol–water partition coefficient (Wildman–Crippen LogP) is -5.37. The summed E-state index contributed by atoms with van der Waals surface area (Å²) < 4.78 is 0. The number of aliphatic carboxylic acids is 1. The van der Waals surface area contributed by atoms with E-state index in [-0.39, 0.29) is 58.9 Å². The Labute approximate surface area is 158 Å². The molecule has 23 heavy (non-hydrogen) atoms. The molecule has 0 saturated carbocycles. The van der Waals surface area contributed by atoms with Gasteiger partial charge in [-0.15, -0.1) is 11.8 Å². The largest absolute Gasteiger partial charge is 1.00 e. The van der Waals surface area contributed by atoms with Crippen molar-refractivity contribution in [2.45, 2.75) is 25.4 Å². The minimum atomic E-state index is -1.44. The minimum absolute atomic E-state index is 0. The topological polar surface area (TPSA) is 124 Å². The van der Waals surface area contributed by atoms with Crippen molar-refractivity contribution >= 4 is 35.5 Å². The molecule has 118 valence electrons. The van der Waals surface area contributed by atoms with Gasteiger partial charge in [0.2, 0.25) is 11.8 Å². The van der Waals surface area contributed by atoms with Crippen LogP contribution in [-0.4, -0.2) is 57.9 Å². The number of likely N-dealkylation sites (tertiary alicyclic amines) is 1. The van der Waals surface area contributed by atoms with Crippen molar-refractivity contribution < 1.29 is 53.8 Å². The molecule has 3 heterocycles. The molecule has 0 bridgehead atoms. The molecule has 0 aromatic rings. The van der Waals surface area contributed by atoms with Gasteiger partial charge in [0.1, 0.15) is 6.04 Å². The van der Waals surface area contributed by atoms with E-state index < -0.39 is 23.8 Å². The number of rotatable bonds is 4. The van der Waals surface area contributed by atoms with E-state index in [0.717, 1.165) is 11.8 Å². The van der Waals surface area contributed by atoms with Crippen LogP contribution in [0.15, 0.2) is 10.6 Å². The summed E-state index contributed by atoms with van der Waals surface area (Å²) in [4.78, 5) is 49.4. The molecule has 0 radical (unpaired) electrons. The maximum absolute atomic E-state index is 12.3. The SMILES string of the molecule is CC(=O)N1CCC2C(SCC(N)=O)=C(C(=O)[O-])N3C(=O)[C@@H]1[C@@H]23.[Na+]. The smallest absolute Gasteiger partial charge is 0.543 e. The number of carbonyl (C=O) groups is 4. The molecule has 3 amide bonds. The van der Waals surface area contributed by atoms with Gasteiger partial charge in [-0.25, -0.2) is 0 Å². The average molecular weight is 347 g/mol. The van der Waals surface area contributed by atoms with E-state index in [9.17, 15) is 24.3 Å². The second-order valence-corrected chi connectivity index (χ2v) is 6.52. The van der Waals surface area contributed by atoms with E-state index in [1.807, 2.05) is 0 Å². The van der Waals surface area contributed by atoms with Gasteiger partial charge in [-0.3, -0.25) is 14.4 Å². The molecular weight excluding hydrogens is 333 g/mol. The van der Waals surface area contributed by atoms with Crippen LogP contribution in [-0.2, 0) is 19.2 Å². The number of nitrogens with two attached hydrogens (primary N) is 1. The van der Waals surface area contributed by atoms with Crippen LogP contribution in [0.4, 0.5) is 0 Å². The summed E-state index contributed by atoms with van der Waals surface area (Å²) in [5.74, 6) is -2.85. The Hall–Kier alpha value is -1.03. The molecule has 3 atom stereocenters. The normalized spacial score (nSPS) is 28.0. The average Bonchev–Trinajstić information content (AvgIpc) is 2.76.